The highest BCUT2D eigenvalue weighted by Crippen LogP contribution is 2.32. The normalized spacial score (nSPS) is 11.5. The number of aromatic amines is 1. The van der Waals surface area contributed by atoms with Crippen LogP contribution in [0.4, 0.5) is 13.2 Å². The number of pyridine rings is 1. The van der Waals surface area contributed by atoms with Crippen LogP contribution >= 0.6 is 0 Å². The van der Waals surface area contributed by atoms with Gasteiger partial charge in [-0.05, 0) is 87.5 Å². The topological polar surface area (TPSA) is 63.9 Å². The number of halogens is 3. The number of nitrogens with zero attached hydrogens (tertiary/aromatic N) is 1. The molecule has 5 aromatic rings. The predicted octanol–water partition coefficient (Wildman–Crippen LogP) is 10.6. The van der Waals surface area contributed by atoms with Crippen LogP contribution in [0.1, 0.15) is 91.8 Å². The van der Waals surface area contributed by atoms with E-state index in [2.05, 4.69) is 48.3 Å². The molecule has 46 heavy (non-hydrogen) atoms. The molecule has 0 unspecified atom stereocenters. The van der Waals surface area contributed by atoms with Crippen molar-refractivity contribution in [2.24, 2.45) is 5.73 Å². The fourth-order valence-electron chi connectivity index (χ4n) is 5.73. The zero-order valence-corrected chi connectivity index (χ0v) is 27.5. The van der Waals surface area contributed by atoms with Crippen LogP contribution < -0.4 is 10.5 Å². The molecule has 246 valence electrons. The molecule has 3 aromatic carbocycles. The zero-order valence-electron chi connectivity index (χ0n) is 27.5. The summed E-state index contributed by atoms with van der Waals surface area (Å²) in [6.07, 6.45) is 6.70. The maximum absolute atomic E-state index is 13.2. The first-order valence-corrected chi connectivity index (χ1v) is 16.6. The van der Waals surface area contributed by atoms with Crippen LogP contribution in [0.2, 0.25) is 0 Å². The lowest BCUT2D eigenvalue weighted by molar-refractivity contribution is -0.137. The molecule has 2 aromatic heterocycles. The van der Waals surface area contributed by atoms with E-state index in [1.54, 1.807) is 6.07 Å². The maximum Gasteiger partial charge on any atom is 0.416 e. The molecule has 0 bridgehead atoms. The monoisotopic (exact) mass is 631 g/mol. The van der Waals surface area contributed by atoms with E-state index < -0.39 is 11.7 Å². The molecule has 2 heterocycles. The second-order valence-electron chi connectivity index (χ2n) is 12.1. The van der Waals surface area contributed by atoms with Gasteiger partial charge in [-0.15, -0.1) is 0 Å². The summed E-state index contributed by atoms with van der Waals surface area (Å²) >= 11 is 0. The van der Waals surface area contributed by atoms with Crippen molar-refractivity contribution in [3.63, 3.8) is 0 Å². The highest BCUT2D eigenvalue weighted by molar-refractivity contribution is 5.84. The number of alkyl halides is 3. The number of rotatable bonds is 14. The Hall–Kier alpha value is -3.84. The van der Waals surface area contributed by atoms with E-state index in [0.717, 1.165) is 71.9 Å². The molecule has 0 saturated carbocycles. The average molecular weight is 632 g/mol. The molecule has 0 atom stereocenters. The van der Waals surface area contributed by atoms with Gasteiger partial charge >= 0.3 is 6.18 Å². The summed E-state index contributed by atoms with van der Waals surface area (Å²) < 4.78 is 45.0. The van der Waals surface area contributed by atoms with Gasteiger partial charge in [0, 0.05) is 34.5 Å². The summed E-state index contributed by atoms with van der Waals surface area (Å²) in [4.78, 5) is 7.93. The third-order valence-electron chi connectivity index (χ3n) is 8.36. The zero-order chi connectivity index (χ0) is 32.9. The van der Waals surface area contributed by atoms with Crippen molar-refractivity contribution in [1.29, 1.82) is 0 Å². The summed E-state index contributed by atoms with van der Waals surface area (Å²) in [7, 11) is 0. The lowest BCUT2D eigenvalue weighted by atomic mass is 9.97. The number of H-pyrrole nitrogens is 1. The number of hydrogen-bond acceptors (Lipinski definition) is 3. The Morgan fingerprint density at radius 1 is 0.804 bits per heavy atom. The van der Waals surface area contributed by atoms with Gasteiger partial charge < -0.3 is 15.5 Å². The van der Waals surface area contributed by atoms with Crippen LogP contribution in [0.3, 0.4) is 0 Å². The number of aryl methyl sites for hydroxylation is 3. The van der Waals surface area contributed by atoms with Gasteiger partial charge in [0.1, 0.15) is 0 Å². The summed E-state index contributed by atoms with van der Waals surface area (Å²) in [5, 5.41) is 2.01. The summed E-state index contributed by atoms with van der Waals surface area (Å²) in [5.41, 5.74) is 12.1. The van der Waals surface area contributed by atoms with Crippen molar-refractivity contribution >= 4 is 21.8 Å². The minimum atomic E-state index is -4.37. The fourth-order valence-corrected chi connectivity index (χ4v) is 5.73. The van der Waals surface area contributed by atoms with Crippen LogP contribution in [0, 0.1) is 13.8 Å². The molecule has 0 aliphatic heterocycles. The molecule has 0 aliphatic rings. The van der Waals surface area contributed by atoms with E-state index >= 15 is 0 Å². The van der Waals surface area contributed by atoms with E-state index in [9.17, 15) is 13.2 Å². The molecule has 0 spiro atoms. The number of fused-ring (bicyclic) bond motifs is 2. The molecule has 0 aliphatic carbocycles. The predicted molar refractivity (Wildman–Crippen MR) is 185 cm³/mol. The Morgan fingerprint density at radius 3 is 2.15 bits per heavy atom. The number of nitrogens with one attached hydrogen (secondary N) is 1. The SMILES string of the molecule is CCOc1cc2c(C)cccc2[nH]1.Cc1ccc(Cc2nc3cc(C(F)(F)F)ccc3cc2CCCCCCCCCCN)cc1. The van der Waals surface area contributed by atoms with E-state index in [4.69, 9.17) is 15.5 Å². The molecule has 7 heteroatoms. The van der Waals surface area contributed by atoms with Crippen LogP contribution in [0.5, 0.6) is 5.88 Å². The van der Waals surface area contributed by atoms with Crippen molar-refractivity contribution in [2.75, 3.05) is 13.2 Å². The van der Waals surface area contributed by atoms with E-state index in [0.29, 0.717) is 18.5 Å². The first kappa shape index (κ1) is 35.0. The Balaban J connectivity index is 0.000000305. The highest BCUT2D eigenvalue weighted by atomic mass is 19.4. The standard InChI is InChI=1S/C28H35F3N2.C11H13NO/c1-21-11-13-22(14-12-21)18-26-23(10-8-6-4-2-3-5-7-9-17-32)19-24-15-16-25(28(29,30)31)20-27(24)33-26;1-3-13-11-7-9-8(2)5-4-6-10(9)12-11/h11-16,19-20H,2-10,17-18,32H2,1H3;4-7,12H,3H2,1-2H3. The molecular formula is C39H48F3N3O. The molecule has 5 rings (SSSR count). The van der Waals surface area contributed by atoms with E-state index in [1.807, 2.05) is 32.0 Å². The quantitative estimate of drug-likeness (QED) is 0.120. The van der Waals surface area contributed by atoms with Crippen molar-refractivity contribution in [3.05, 3.63) is 106 Å². The Kier molecular flexibility index (Phi) is 13.1. The summed E-state index contributed by atoms with van der Waals surface area (Å²) in [6.45, 7) is 7.61. The first-order chi connectivity index (χ1) is 22.2. The number of aromatic nitrogens is 2. The lowest BCUT2D eigenvalue weighted by Crippen LogP contribution is -2.06. The van der Waals surface area contributed by atoms with Crippen molar-refractivity contribution in [3.8, 4) is 5.88 Å². The summed E-state index contributed by atoms with van der Waals surface area (Å²) in [5.74, 6) is 0.854. The number of ether oxygens (including phenoxy) is 1. The Labute approximate surface area is 271 Å². The maximum atomic E-state index is 13.2. The fraction of sp³-hybridized carbons (Fsp3) is 0.410. The number of nitrogens with two attached hydrogens (primary N) is 1. The van der Waals surface area contributed by atoms with Crippen molar-refractivity contribution < 1.29 is 17.9 Å². The van der Waals surface area contributed by atoms with E-state index in [-0.39, 0.29) is 0 Å². The van der Waals surface area contributed by atoms with Gasteiger partial charge in [0.05, 0.1) is 17.7 Å². The molecule has 4 nitrogen and oxygen atoms in total. The Bertz CT molecular complexity index is 1660. The van der Waals surface area contributed by atoms with Gasteiger partial charge in [-0.1, -0.05) is 86.6 Å². The van der Waals surface area contributed by atoms with Crippen LogP contribution in [-0.2, 0) is 19.0 Å². The number of hydrogen-bond donors (Lipinski definition) is 2. The molecule has 0 saturated heterocycles. The average Bonchev–Trinajstić information content (AvgIpc) is 3.45. The summed E-state index contributed by atoms with van der Waals surface area (Å²) in [6, 6.07) is 22.4. The molecule has 0 amide bonds. The third kappa shape index (κ3) is 10.3. The van der Waals surface area contributed by atoms with Crippen LogP contribution in [-0.4, -0.2) is 23.1 Å². The van der Waals surface area contributed by atoms with Crippen molar-refractivity contribution in [2.45, 2.75) is 91.2 Å². The minimum absolute atomic E-state index is 0.410. The molecule has 0 radical (unpaired) electrons. The smallest absolute Gasteiger partial charge is 0.416 e. The van der Waals surface area contributed by atoms with Crippen molar-refractivity contribution in [1.82, 2.24) is 9.97 Å². The Morgan fingerprint density at radius 2 is 1.50 bits per heavy atom. The van der Waals surface area contributed by atoms with Gasteiger partial charge in [0.25, 0.3) is 0 Å². The minimum Gasteiger partial charge on any atom is -0.479 e. The molecule has 3 N–H and O–H groups in total. The van der Waals surface area contributed by atoms with Gasteiger partial charge in [-0.25, -0.2) is 0 Å². The molecular weight excluding hydrogens is 583 g/mol. The second kappa shape index (κ2) is 17.2. The van der Waals surface area contributed by atoms with E-state index in [1.165, 1.54) is 54.7 Å². The van der Waals surface area contributed by atoms with Gasteiger partial charge in [-0.3, -0.25) is 4.98 Å². The first-order valence-electron chi connectivity index (χ1n) is 16.6. The molecule has 0 fully saturated rings. The van der Waals surface area contributed by atoms with Crippen LogP contribution in [0.25, 0.3) is 21.8 Å². The third-order valence-corrected chi connectivity index (χ3v) is 8.36. The van der Waals surface area contributed by atoms with Gasteiger partial charge in [-0.2, -0.15) is 13.2 Å². The van der Waals surface area contributed by atoms with Gasteiger partial charge in [0.15, 0.2) is 5.88 Å². The number of unbranched alkanes of at least 4 members (excludes halogenated alkanes) is 7. The highest BCUT2D eigenvalue weighted by Gasteiger charge is 2.30. The largest absolute Gasteiger partial charge is 0.479 e. The van der Waals surface area contributed by atoms with Crippen LogP contribution in [0.15, 0.2) is 72.8 Å². The second-order valence-corrected chi connectivity index (χ2v) is 12.1. The van der Waals surface area contributed by atoms with Gasteiger partial charge in [0.2, 0.25) is 0 Å². The number of benzene rings is 3. The lowest BCUT2D eigenvalue weighted by Gasteiger charge is -2.13.